The van der Waals surface area contributed by atoms with Crippen molar-refractivity contribution in [2.75, 3.05) is 0 Å². The summed E-state index contributed by atoms with van der Waals surface area (Å²) in [5, 5.41) is 4.55. The molecule has 0 aliphatic carbocycles. The fourth-order valence-corrected chi connectivity index (χ4v) is 2.08. The van der Waals surface area contributed by atoms with E-state index in [0.29, 0.717) is 11.4 Å². The molecule has 21 heavy (non-hydrogen) atoms. The molecule has 1 saturated heterocycles. The van der Waals surface area contributed by atoms with Crippen LogP contribution in [-0.2, 0) is 11.2 Å². The monoisotopic (exact) mass is 280 g/mol. The third-order valence-corrected chi connectivity index (χ3v) is 3.10. The molecule has 0 saturated carbocycles. The van der Waals surface area contributed by atoms with Crippen LogP contribution in [0.25, 0.3) is 0 Å². The molecule has 1 fully saturated rings. The number of amides is 3. The molecule has 1 aromatic carbocycles. The second kappa shape index (κ2) is 5.13. The Labute approximate surface area is 121 Å². The van der Waals surface area contributed by atoms with E-state index in [2.05, 4.69) is 27.5 Å². The van der Waals surface area contributed by atoms with Crippen LogP contribution in [-0.4, -0.2) is 23.8 Å². The third kappa shape index (κ3) is 2.77. The number of nitrogens with zero attached hydrogens (tertiary/aromatic N) is 1. The number of fused-ring (bicyclic) bond motifs is 1. The Morgan fingerprint density at radius 2 is 2.19 bits per heavy atom. The van der Waals surface area contributed by atoms with Crippen LogP contribution in [0.1, 0.15) is 11.1 Å². The van der Waals surface area contributed by atoms with Crippen LogP contribution in [0.15, 0.2) is 35.3 Å². The van der Waals surface area contributed by atoms with Crippen LogP contribution in [0.2, 0.25) is 0 Å². The lowest BCUT2D eigenvalue weighted by atomic mass is 10.1. The van der Waals surface area contributed by atoms with Crippen molar-refractivity contribution in [2.24, 2.45) is 10.7 Å². The number of benzene rings is 1. The molecular weight excluding hydrogens is 268 g/mol. The normalized spacial score (nSPS) is 19.6. The molecule has 2 aliphatic heterocycles. The molecule has 4 N–H and O–H groups in total. The van der Waals surface area contributed by atoms with E-state index in [9.17, 15) is 9.59 Å². The number of nitrogens with two attached hydrogens (primary N) is 1. The summed E-state index contributed by atoms with van der Waals surface area (Å²) < 4.78 is 0. The topological polar surface area (TPSA) is 96.6 Å². The maximum absolute atomic E-state index is 11.4. The van der Waals surface area contributed by atoms with Crippen molar-refractivity contribution in [1.29, 1.82) is 0 Å². The van der Waals surface area contributed by atoms with Crippen molar-refractivity contribution in [3.63, 3.8) is 0 Å². The zero-order valence-corrected chi connectivity index (χ0v) is 11.0. The van der Waals surface area contributed by atoms with Gasteiger partial charge in [-0.25, -0.2) is 9.79 Å². The Kier molecular flexibility index (Phi) is 3.16. The largest absolute Gasteiger partial charge is 0.384 e. The van der Waals surface area contributed by atoms with Gasteiger partial charge in [0.15, 0.2) is 6.04 Å². The summed E-state index contributed by atoms with van der Waals surface area (Å²) in [6.07, 6.45) is 4.48. The average molecular weight is 280 g/mol. The number of carbonyl (C=O) groups excluding carboxylic acids is 2. The SMILES string of the molecule is NC1=Nc2cc(C#CC3NC(=O)NC3=O)ccc2CC=C1. The smallest absolute Gasteiger partial charge is 0.322 e. The minimum absolute atomic E-state index is 0.436. The minimum Gasteiger partial charge on any atom is -0.384 e. The molecule has 6 nitrogen and oxygen atoms in total. The van der Waals surface area contributed by atoms with Gasteiger partial charge in [0.05, 0.1) is 5.69 Å². The van der Waals surface area contributed by atoms with E-state index in [0.717, 1.165) is 17.7 Å². The van der Waals surface area contributed by atoms with Gasteiger partial charge in [0.1, 0.15) is 5.84 Å². The fraction of sp³-hybridized carbons (Fsp3) is 0.133. The summed E-state index contributed by atoms with van der Waals surface area (Å²) in [5.74, 6) is 5.60. The quantitative estimate of drug-likeness (QED) is 0.472. The number of aliphatic imine (C=N–C) groups is 1. The predicted molar refractivity (Wildman–Crippen MR) is 77.9 cm³/mol. The van der Waals surface area contributed by atoms with Gasteiger partial charge in [-0.2, -0.15) is 0 Å². The lowest BCUT2D eigenvalue weighted by Gasteiger charge is -2.02. The van der Waals surface area contributed by atoms with Crippen LogP contribution < -0.4 is 16.4 Å². The van der Waals surface area contributed by atoms with E-state index in [-0.39, 0.29) is 0 Å². The standard InChI is InChI=1S/C15H12N4O2/c16-13-3-1-2-10-6-4-9(8-12(10)17-13)5-7-11-14(20)19-15(21)18-11/h1,3-4,6,8,11H,2H2,(H2,16,17)(H2,18,19,20,21). The number of rotatable bonds is 0. The zero-order chi connectivity index (χ0) is 14.8. The second-order valence-electron chi connectivity index (χ2n) is 4.65. The molecule has 2 heterocycles. The van der Waals surface area contributed by atoms with Crippen LogP contribution in [0, 0.1) is 11.8 Å². The van der Waals surface area contributed by atoms with Crippen molar-refractivity contribution in [2.45, 2.75) is 12.5 Å². The van der Waals surface area contributed by atoms with Gasteiger partial charge < -0.3 is 11.1 Å². The van der Waals surface area contributed by atoms with Crippen LogP contribution in [0.3, 0.4) is 0 Å². The average Bonchev–Trinajstić information content (AvgIpc) is 2.65. The zero-order valence-electron chi connectivity index (χ0n) is 11.0. The Bertz CT molecular complexity index is 753. The molecule has 1 unspecified atom stereocenters. The summed E-state index contributed by atoms with van der Waals surface area (Å²) in [4.78, 5) is 26.7. The van der Waals surface area contributed by atoms with E-state index in [4.69, 9.17) is 5.73 Å². The van der Waals surface area contributed by atoms with E-state index in [1.54, 1.807) is 6.08 Å². The number of nitrogens with one attached hydrogen (secondary N) is 2. The van der Waals surface area contributed by atoms with Gasteiger partial charge >= 0.3 is 6.03 Å². The van der Waals surface area contributed by atoms with Gasteiger partial charge in [0.25, 0.3) is 5.91 Å². The predicted octanol–water partition coefficient (Wildman–Crippen LogP) is 0.347. The molecule has 2 aliphatic rings. The first kappa shape index (κ1) is 12.9. The first-order valence-electron chi connectivity index (χ1n) is 6.38. The number of urea groups is 1. The van der Waals surface area contributed by atoms with Gasteiger partial charge in [-0.1, -0.05) is 24.0 Å². The van der Waals surface area contributed by atoms with Gasteiger partial charge in [0.2, 0.25) is 0 Å². The molecule has 3 amide bonds. The summed E-state index contributed by atoms with van der Waals surface area (Å²) >= 11 is 0. The Balaban J connectivity index is 1.87. The third-order valence-electron chi connectivity index (χ3n) is 3.10. The van der Waals surface area contributed by atoms with Crippen molar-refractivity contribution < 1.29 is 9.59 Å². The fourth-order valence-electron chi connectivity index (χ4n) is 2.08. The summed E-state index contributed by atoms with van der Waals surface area (Å²) in [6, 6.07) is 4.26. The molecule has 3 rings (SSSR count). The molecular formula is C15H12N4O2. The van der Waals surface area contributed by atoms with E-state index >= 15 is 0 Å². The van der Waals surface area contributed by atoms with Crippen molar-refractivity contribution in [3.05, 3.63) is 41.5 Å². The number of imide groups is 1. The number of allylic oxidation sites excluding steroid dienone is 1. The van der Waals surface area contributed by atoms with Crippen LogP contribution in [0.5, 0.6) is 0 Å². The molecule has 1 atom stereocenters. The van der Waals surface area contributed by atoms with E-state index < -0.39 is 18.0 Å². The maximum Gasteiger partial charge on any atom is 0.322 e. The molecule has 1 aromatic rings. The van der Waals surface area contributed by atoms with Crippen LogP contribution in [0.4, 0.5) is 10.5 Å². The summed E-state index contributed by atoms with van der Waals surface area (Å²) in [5.41, 5.74) is 8.27. The van der Waals surface area contributed by atoms with Gasteiger partial charge in [-0.05, 0) is 30.2 Å². The summed E-state index contributed by atoms with van der Waals surface area (Å²) in [6.45, 7) is 0. The first-order chi connectivity index (χ1) is 10.1. The minimum atomic E-state index is -0.813. The lowest BCUT2D eigenvalue weighted by molar-refractivity contribution is -0.119. The molecule has 104 valence electrons. The highest BCUT2D eigenvalue weighted by Crippen LogP contribution is 2.23. The molecule has 0 spiro atoms. The number of hydrogen-bond acceptors (Lipinski definition) is 4. The first-order valence-corrected chi connectivity index (χ1v) is 6.38. The molecule has 6 heteroatoms. The number of amidine groups is 1. The van der Waals surface area contributed by atoms with E-state index in [1.807, 2.05) is 24.3 Å². The Morgan fingerprint density at radius 1 is 1.33 bits per heavy atom. The molecule has 0 radical (unpaired) electrons. The Hall–Kier alpha value is -3.07. The highest BCUT2D eigenvalue weighted by molar-refractivity contribution is 6.05. The lowest BCUT2D eigenvalue weighted by Crippen LogP contribution is -2.26. The second-order valence-corrected chi connectivity index (χ2v) is 4.65. The van der Waals surface area contributed by atoms with E-state index in [1.165, 1.54) is 0 Å². The highest BCUT2D eigenvalue weighted by atomic mass is 16.2. The number of hydrogen-bond donors (Lipinski definition) is 3. The highest BCUT2D eigenvalue weighted by Gasteiger charge is 2.27. The van der Waals surface area contributed by atoms with Crippen molar-refractivity contribution >= 4 is 23.5 Å². The molecule has 0 bridgehead atoms. The van der Waals surface area contributed by atoms with Crippen molar-refractivity contribution in [3.8, 4) is 11.8 Å². The summed E-state index contributed by atoms with van der Waals surface area (Å²) in [7, 11) is 0. The number of carbonyl (C=O) groups is 2. The van der Waals surface area contributed by atoms with Gasteiger partial charge in [-0.3, -0.25) is 10.1 Å². The Morgan fingerprint density at radius 3 is 2.95 bits per heavy atom. The van der Waals surface area contributed by atoms with Crippen molar-refractivity contribution in [1.82, 2.24) is 10.6 Å². The maximum atomic E-state index is 11.4. The molecule has 0 aromatic heterocycles. The van der Waals surface area contributed by atoms with Gasteiger partial charge in [-0.15, -0.1) is 0 Å². The van der Waals surface area contributed by atoms with Gasteiger partial charge in [0, 0.05) is 5.56 Å². The van der Waals surface area contributed by atoms with Crippen LogP contribution >= 0.6 is 0 Å².